The number of hydrogen-bond acceptors (Lipinski definition) is 4. The van der Waals surface area contributed by atoms with Crippen LogP contribution in [0.5, 0.6) is 0 Å². The van der Waals surface area contributed by atoms with Gasteiger partial charge in [0.15, 0.2) is 0 Å². The molecule has 3 aliphatic carbocycles. The van der Waals surface area contributed by atoms with E-state index in [2.05, 4.69) is 19.9 Å². The van der Waals surface area contributed by atoms with Crippen molar-refractivity contribution < 1.29 is 19.8 Å². The zero-order chi connectivity index (χ0) is 22.7. The molecule has 32 heavy (non-hydrogen) atoms. The van der Waals surface area contributed by atoms with E-state index in [1.807, 2.05) is 0 Å². The minimum atomic E-state index is -0.459. The van der Waals surface area contributed by atoms with Crippen LogP contribution in [-0.2, 0) is 11.4 Å². The van der Waals surface area contributed by atoms with Gasteiger partial charge in [-0.15, -0.1) is 0 Å². The van der Waals surface area contributed by atoms with E-state index in [-0.39, 0.29) is 29.9 Å². The number of fused-ring (bicyclic) bond motifs is 5. The van der Waals surface area contributed by atoms with Crippen LogP contribution in [0.3, 0.4) is 0 Å². The molecule has 6 atom stereocenters. The van der Waals surface area contributed by atoms with Crippen molar-refractivity contribution in [2.24, 2.45) is 23.2 Å². The number of rotatable bonds is 2. The molecule has 4 aliphatic rings. The standard InChI is InChI=1S/C27H35NO4/c1-26-13-11-20(30)15-19(26)7-8-21-22(26)12-14-27(2)23(21)9-10-24(31)28(27)25(32)18-5-3-17(16-29)4-6-18/h3-7,20-23,29-30H,8-16H2,1-2H3/t20-,21?,22?,23?,26-,27-/m0/s1. The largest absolute Gasteiger partial charge is 0.393 e. The van der Waals surface area contributed by atoms with Crippen LogP contribution in [0.2, 0.25) is 0 Å². The summed E-state index contributed by atoms with van der Waals surface area (Å²) in [6.45, 7) is 4.46. The number of imide groups is 1. The Bertz CT molecular complexity index is 953. The Hall–Kier alpha value is -1.98. The van der Waals surface area contributed by atoms with Crippen molar-refractivity contribution in [2.75, 3.05) is 0 Å². The molecule has 0 spiro atoms. The van der Waals surface area contributed by atoms with Crippen LogP contribution >= 0.6 is 0 Å². The Morgan fingerprint density at radius 1 is 1.09 bits per heavy atom. The fourth-order valence-corrected chi connectivity index (χ4v) is 7.65. The van der Waals surface area contributed by atoms with Gasteiger partial charge in [0.2, 0.25) is 5.91 Å². The highest BCUT2D eigenvalue weighted by Gasteiger charge is 2.59. The van der Waals surface area contributed by atoms with E-state index in [0.29, 0.717) is 29.7 Å². The van der Waals surface area contributed by atoms with Gasteiger partial charge in [0.1, 0.15) is 0 Å². The summed E-state index contributed by atoms with van der Waals surface area (Å²) in [6.07, 6.45) is 9.00. The first-order valence-corrected chi connectivity index (χ1v) is 12.2. The molecular formula is C27H35NO4. The molecule has 172 valence electrons. The second-order valence-corrected chi connectivity index (χ2v) is 11.0. The first kappa shape index (κ1) is 21.8. The third-order valence-electron chi connectivity index (χ3n) is 9.45. The monoisotopic (exact) mass is 437 g/mol. The maximum Gasteiger partial charge on any atom is 0.260 e. The highest BCUT2D eigenvalue weighted by Crippen LogP contribution is 2.61. The number of piperidine rings is 1. The van der Waals surface area contributed by atoms with Gasteiger partial charge in [-0.3, -0.25) is 14.5 Å². The van der Waals surface area contributed by atoms with E-state index in [0.717, 1.165) is 50.5 Å². The number of amides is 2. The van der Waals surface area contributed by atoms with Gasteiger partial charge >= 0.3 is 0 Å². The molecule has 2 N–H and O–H groups in total. The Labute approximate surface area is 190 Å². The zero-order valence-electron chi connectivity index (χ0n) is 19.2. The number of aliphatic hydroxyl groups excluding tert-OH is 2. The molecule has 2 amide bonds. The third-order valence-corrected chi connectivity index (χ3v) is 9.45. The van der Waals surface area contributed by atoms with Gasteiger partial charge in [0.25, 0.3) is 5.91 Å². The molecule has 1 saturated heterocycles. The van der Waals surface area contributed by atoms with Crippen LogP contribution in [-0.4, -0.2) is 38.6 Å². The minimum absolute atomic E-state index is 0.0579. The zero-order valence-corrected chi connectivity index (χ0v) is 19.2. The first-order chi connectivity index (χ1) is 15.3. The molecule has 1 heterocycles. The van der Waals surface area contributed by atoms with Gasteiger partial charge in [-0.25, -0.2) is 0 Å². The van der Waals surface area contributed by atoms with E-state index >= 15 is 0 Å². The summed E-state index contributed by atoms with van der Waals surface area (Å²) in [6, 6.07) is 6.96. The van der Waals surface area contributed by atoms with Gasteiger partial charge in [-0.1, -0.05) is 30.7 Å². The van der Waals surface area contributed by atoms with Crippen LogP contribution in [0.1, 0.15) is 81.1 Å². The molecular weight excluding hydrogens is 402 g/mol. The number of aliphatic hydroxyl groups is 2. The fraction of sp³-hybridized carbons (Fsp3) is 0.630. The Kier molecular flexibility index (Phi) is 5.33. The SMILES string of the molecule is C[C@]12CC[C@H](O)CC1=CCC1C2CC[C@@]2(C)C1CCC(=O)N2C(=O)c1ccc(CO)cc1. The Morgan fingerprint density at radius 2 is 1.84 bits per heavy atom. The van der Waals surface area contributed by atoms with E-state index in [4.69, 9.17) is 0 Å². The van der Waals surface area contributed by atoms with Gasteiger partial charge in [0, 0.05) is 12.0 Å². The summed E-state index contributed by atoms with van der Waals surface area (Å²) in [7, 11) is 0. The number of hydrogen-bond donors (Lipinski definition) is 2. The lowest BCUT2D eigenvalue weighted by Crippen LogP contribution is -2.65. The van der Waals surface area contributed by atoms with Crippen molar-refractivity contribution in [1.29, 1.82) is 0 Å². The van der Waals surface area contributed by atoms with Gasteiger partial charge in [-0.2, -0.15) is 0 Å². The predicted molar refractivity (Wildman–Crippen MR) is 122 cm³/mol. The van der Waals surface area contributed by atoms with E-state index < -0.39 is 5.54 Å². The number of carbonyl (C=O) groups is 2. The van der Waals surface area contributed by atoms with E-state index in [9.17, 15) is 19.8 Å². The summed E-state index contributed by atoms with van der Waals surface area (Å²) >= 11 is 0. The van der Waals surface area contributed by atoms with Crippen molar-refractivity contribution >= 4 is 11.8 Å². The maximum absolute atomic E-state index is 13.6. The second kappa shape index (κ2) is 7.81. The number of likely N-dealkylation sites (tertiary alicyclic amines) is 1. The van der Waals surface area contributed by atoms with Crippen LogP contribution in [0, 0.1) is 23.2 Å². The quantitative estimate of drug-likeness (QED) is 0.536. The molecule has 5 nitrogen and oxygen atoms in total. The van der Waals surface area contributed by atoms with Crippen molar-refractivity contribution in [3.8, 4) is 0 Å². The number of benzene rings is 1. The Balaban J connectivity index is 1.46. The Morgan fingerprint density at radius 3 is 2.56 bits per heavy atom. The molecule has 3 unspecified atom stereocenters. The summed E-state index contributed by atoms with van der Waals surface area (Å²) in [5, 5.41) is 19.5. The molecule has 5 rings (SSSR count). The predicted octanol–water partition coefficient (Wildman–Crippen LogP) is 4.22. The molecule has 1 aromatic rings. The van der Waals surface area contributed by atoms with Crippen LogP contribution in [0.25, 0.3) is 0 Å². The first-order valence-electron chi connectivity index (χ1n) is 12.2. The maximum atomic E-state index is 13.6. The second-order valence-electron chi connectivity index (χ2n) is 11.0. The molecule has 3 fully saturated rings. The van der Waals surface area contributed by atoms with Gasteiger partial charge in [-0.05, 0) is 92.7 Å². The highest BCUT2D eigenvalue weighted by atomic mass is 16.3. The van der Waals surface area contributed by atoms with Crippen LogP contribution in [0.15, 0.2) is 35.9 Å². The highest BCUT2D eigenvalue weighted by molar-refractivity contribution is 6.05. The van der Waals surface area contributed by atoms with E-state index in [1.54, 1.807) is 29.2 Å². The number of allylic oxidation sites excluding steroid dienone is 1. The molecule has 0 bridgehead atoms. The van der Waals surface area contributed by atoms with Crippen molar-refractivity contribution in [1.82, 2.24) is 4.90 Å². The van der Waals surface area contributed by atoms with Crippen molar-refractivity contribution in [3.63, 3.8) is 0 Å². The minimum Gasteiger partial charge on any atom is -0.393 e. The lowest BCUT2D eigenvalue weighted by atomic mass is 9.48. The molecule has 2 saturated carbocycles. The smallest absolute Gasteiger partial charge is 0.260 e. The molecule has 5 heteroatoms. The normalized spacial score (nSPS) is 38.9. The van der Waals surface area contributed by atoms with Crippen molar-refractivity contribution in [3.05, 3.63) is 47.0 Å². The number of nitrogens with zero attached hydrogens (tertiary/aromatic N) is 1. The fourth-order valence-electron chi connectivity index (χ4n) is 7.65. The molecule has 0 aromatic heterocycles. The summed E-state index contributed by atoms with van der Waals surface area (Å²) in [4.78, 5) is 28.3. The topological polar surface area (TPSA) is 77.8 Å². The lowest BCUT2D eigenvalue weighted by molar-refractivity contribution is -0.150. The average Bonchev–Trinajstić information content (AvgIpc) is 2.78. The number of carbonyl (C=O) groups excluding carboxylic acids is 2. The molecule has 1 aromatic carbocycles. The van der Waals surface area contributed by atoms with Gasteiger partial charge in [0.05, 0.1) is 18.2 Å². The summed E-state index contributed by atoms with van der Waals surface area (Å²) in [5.74, 6) is 1.07. The lowest BCUT2D eigenvalue weighted by Gasteiger charge is -2.61. The van der Waals surface area contributed by atoms with Crippen LogP contribution < -0.4 is 0 Å². The summed E-state index contributed by atoms with van der Waals surface area (Å²) < 4.78 is 0. The third kappa shape index (κ3) is 3.19. The van der Waals surface area contributed by atoms with Crippen molar-refractivity contribution in [2.45, 2.75) is 83.5 Å². The van der Waals surface area contributed by atoms with E-state index in [1.165, 1.54) is 5.57 Å². The average molecular weight is 438 g/mol. The summed E-state index contributed by atoms with van der Waals surface area (Å²) in [5.41, 5.74) is 2.38. The molecule has 0 radical (unpaired) electrons. The van der Waals surface area contributed by atoms with Crippen LogP contribution in [0.4, 0.5) is 0 Å². The molecule has 1 aliphatic heterocycles. The van der Waals surface area contributed by atoms with Gasteiger partial charge < -0.3 is 10.2 Å².